The van der Waals surface area contributed by atoms with E-state index in [1.807, 2.05) is 0 Å². The zero-order valence-electron chi connectivity index (χ0n) is 13.0. The molecule has 8 heteroatoms. The fourth-order valence-corrected chi connectivity index (χ4v) is 4.30. The molecule has 1 atom stereocenters. The summed E-state index contributed by atoms with van der Waals surface area (Å²) in [7, 11) is 0. The fraction of sp³-hybridized carbons (Fsp3) is 0.312. The van der Waals surface area contributed by atoms with E-state index in [1.54, 1.807) is 18.5 Å². The van der Waals surface area contributed by atoms with E-state index in [0.717, 1.165) is 24.8 Å². The van der Waals surface area contributed by atoms with Crippen LogP contribution in [-0.2, 0) is 12.8 Å². The van der Waals surface area contributed by atoms with Crippen molar-refractivity contribution in [3.05, 3.63) is 40.3 Å². The Balaban J connectivity index is 1.65. The molecule has 3 aromatic heterocycles. The minimum atomic E-state index is -0.427. The predicted octanol–water partition coefficient (Wildman–Crippen LogP) is 2.43. The van der Waals surface area contributed by atoms with Gasteiger partial charge in [0, 0.05) is 17.3 Å². The van der Waals surface area contributed by atoms with E-state index in [0.29, 0.717) is 22.3 Å². The molecular weight excluding hydrogens is 324 g/mol. The Labute approximate surface area is 142 Å². The summed E-state index contributed by atoms with van der Waals surface area (Å²) in [6.07, 6.45) is 6.20. The van der Waals surface area contributed by atoms with E-state index in [1.165, 1.54) is 20.7 Å². The zero-order chi connectivity index (χ0) is 16.7. The SMILES string of the molecule is C[C@@H]1CCc2c(sc(NC(=O)c3nc4ncccn4n3)c2C#N)C1. The van der Waals surface area contributed by atoms with E-state index in [9.17, 15) is 10.1 Å². The molecule has 4 rings (SSSR count). The summed E-state index contributed by atoms with van der Waals surface area (Å²) in [5, 5.41) is 17.0. The summed E-state index contributed by atoms with van der Waals surface area (Å²) in [6, 6.07) is 3.95. The number of carbonyl (C=O) groups excluding carboxylic acids is 1. The van der Waals surface area contributed by atoms with Gasteiger partial charge in [-0.15, -0.1) is 16.4 Å². The van der Waals surface area contributed by atoms with Crippen molar-refractivity contribution >= 4 is 28.0 Å². The van der Waals surface area contributed by atoms with Crippen LogP contribution in [0.3, 0.4) is 0 Å². The molecule has 0 saturated carbocycles. The molecule has 120 valence electrons. The van der Waals surface area contributed by atoms with Gasteiger partial charge in [-0.2, -0.15) is 10.2 Å². The van der Waals surface area contributed by atoms with Crippen LogP contribution in [0.4, 0.5) is 5.00 Å². The van der Waals surface area contributed by atoms with Crippen molar-refractivity contribution in [3.63, 3.8) is 0 Å². The number of hydrogen-bond acceptors (Lipinski definition) is 6. The van der Waals surface area contributed by atoms with Gasteiger partial charge in [-0.25, -0.2) is 9.50 Å². The van der Waals surface area contributed by atoms with Crippen LogP contribution in [0.5, 0.6) is 0 Å². The molecule has 0 aromatic carbocycles. The first kappa shape index (κ1) is 14.8. The number of nitrogens with zero attached hydrogens (tertiary/aromatic N) is 5. The highest BCUT2D eigenvalue weighted by molar-refractivity contribution is 7.16. The number of amides is 1. The zero-order valence-corrected chi connectivity index (χ0v) is 13.8. The van der Waals surface area contributed by atoms with Gasteiger partial charge >= 0.3 is 0 Å². The number of rotatable bonds is 2. The van der Waals surface area contributed by atoms with Crippen molar-refractivity contribution in [3.8, 4) is 6.07 Å². The van der Waals surface area contributed by atoms with Crippen molar-refractivity contribution in [2.75, 3.05) is 5.32 Å². The maximum Gasteiger partial charge on any atom is 0.296 e. The second-order valence-corrected chi connectivity index (χ2v) is 7.03. The molecule has 1 aliphatic rings. The quantitative estimate of drug-likeness (QED) is 0.774. The normalized spacial score (nSPS) is 16.6. The van der Waals surface area contributed by atoms with Gasteiger partial charge in [-0.1, -0.05) is 6.92 Å². The molecule has 0 fully saturated rings. The number of thiophene rings is 1. The Morgan fingerprint density at radius 1 is 1.54 bits per heavy atom. The van der Waals surface area contributed by atoms with E-state index in [2.05, 4.69) is 33.4 Å². The van der Waals surface area contributed by atoms with E-state index >= 15 is 0 Å². The number of fused-ring (bicyclic) bond motifs is 2. The van der Waals surface area contributed by atoms with Crippen LogP contribution in [0, 0.1) is 17.2 Å². The Bertz CT molecular complexity index is 949. The van der Waals surface area contributed by atoms with Gasteiger partial charge in [0.15, 0.2) is 0 Å². The smallest absolute Gasteiger partial charge is 0.296 e. The average molecular weight is 338 g/mol. The van der Waals surface area contributed by atoms with Crippen molar-refractivity contribution in [2.24, 2.45) is 5.92 Å². The topological polar surface area (TPSA) is 96.0 Å². The number of nitrogens with one attached hydrogen (secondary N) is 1. The van der Waals surface area contributed by atoms with Crippen LogP contribution in [0.1, 0.15) is 40.0 Å². The minimum absolute atomic E-state index is 0.0392. The van der Waals surface area contributed by atoms with Gasteiger partial charge in [0.2, 0.25) is 5.82 Å². The number of hydrogen-bond donors (Lipinski definition) is 1. The Morgan fingerprint density at radius 2 is 2.42 bits per heavy atom. The monoisotopic (exact) mass is 338 g/mol. The molecule has 1 amide bonds. The number of carbonyl (C=O) groups is 1. The van der Waals surface area contributed by atoms with Crippen LogP contribution in [0.2, 0.25) is 0 Å². The largest absolute Gasteiger partial charge is 0.310 e. The Kier molecular flexibility index (Phi) is 3.50. The third-order valence-electron chi connectivity index (χ3n) is 4.17. The van der Waals surface area contributed by atoms with Crippen LogP contribution in [0.25, 0.3) is 5.78 Å². The standard InChI is InChI=1S/C16H14N6OS/c1-9-3-4-10-11(8-17)15(24-12(10)7-9)20-14(23)13-19-16-18-5-2-6-22(16)21-13/h2,5-6,9H,3-4,7H2,1H3,(H,20,23)/t9-/m1/s1. The molecule has 3 aromatic rings. The van der Waals surface area contributed by atoms with Crippen molar-refractivity contribution < 1.29 is 4.79 Å². The summed E-state index contributed by atoms with van der Waals surface area (Å²) in [5.74, 6) is 0.584. The number of aromatic nitrogens is 4. The molecule has 0 unspecified atom stereocenters. The lowest BCUT2D eigenvalue weighted by Gasteiger charge is -2.17. The van der Waals surface area contributed by atoms with Gasteiger partial charge in [-0.3, -0.25) is 4.79 Å². The minimum Gasteiger partial charge on any atom is -0.310 e. The molecule has 0 bridgehead atoms. The summed E-state index contributed by atoms with van der Waals surface area (Å²) < 4.78 is 1.45. The predicted molar refractivity (Wildman–Crippen MR) is 89.0 cm³/mol. The first-order chi connectivity index (χ1) is 11.7. The van der Waals surface area contributed by atoms with Crippen LogP contribution in [0.15, 0.2) is 18.5 Å². The molecule has 3 heterocycles. The van der Waals surface area contributed by atoms with Crippen LogP contribution < -0.4 is 5.32 Å². The maximum absolute atomic E-state index is 12.4. The molecule has 24 heavy (non-hydrogen) atoms. The molecule has 1 aliphatic carbocycles. The molecular formula is C16H14N6OS. The summed E-state index contributed by atoms with van der Waals surface area (Å²) in [4.78, 5) is 21.8. The third-order valence-corrected chi connectivity index (χ3v) is 5.34. The second kappa shape index (κ2) is 5.69. The Hall–Kier alpha value is -2.79. The Morgan fingerprint density at radius 3 is 3.21 bits per heavy atom. The molecule has 7 nitrogen and oxygen atoms in total. The lowest BCUT2D eigenvalue weighted by atomic mass is 9.89. The summed E-state index contributed by atoms with van der Waals surface area (Å²) >= 11 is 1.49. The van der Waals surface area contributed by atoms with Crippen molar-refractivity contribution in [2.45, 2.75) is 26.2 Å². The molecule has 0 spiro atoms. The average Bonchev–Trinajstić information content (AvgIpc) is 3.14. The number of nitriles is 1. The van der Waals surface area contributed by atoms with E-state index < -0.39 is 5.91 Å². The highest BCUT2D eigenvalue weighted by Crippen LogP contribution is 2.39. The fourth-order valence-electron chi connectivity index (χ4n) is 2.95. The lowest BCUT2D eigenvalue weighted by molar-refractivity contribution is 0.101. The highest BCUT2D eigenvalue weighted by Gasteiger charge is 2.25. The maximum atomic E-state index is 12.4. The summed E-state index contributed by atoms with van der Waals surface area (Å²) in [5.41, 5.74) is 1.66. The van der Waals surface area contributed by atoms with Crippen LogP contribution in [-0.4, -0.2) is 25.5 Å². The van der Waals surface area contributed by atoms with Gasteiger partial charge in [0.25, 0.3) is 11.7 Å². The van der Waals surface area contributed by atoms with Gasteiger partial charge in [0.05, 0.1) is 5.56 Å². The third kappa shape index (κ3) is 2.43. The van der Waals surface area contributed by atoms with Gasteiger partial charge < -0.3 is 5.32 Å². The van der Waals surface area contributed by atoms with Crippen molar-refractivity contribution in [1.82, 2.24) is 19.6 Å². The van der Waals surface area contributed by atoms with Crippen molar-refractivity contribution in [1.29, 1.82) is 5.26 Å². The highest BCUT2D eigenvalue weighted by atomic mass is 32.1. The van der Waals surface area contributed by atoms with E-state index in [4.69, 9.17) is 0 Å². The lowest BCUT2D eigenvalue weighted by Crippen LogP contribution is -2.14. The number of anilines is 1. The van der Waals surface area contributed by atoms with Gasteiger partial charge in [0.1, 0.15) is 11.1 Å². The molecule has 0 radical (unpaired) electrons. The summed E-state index contributed by atoms with van der Waals surface area (Å²) in [6.45, 7) is 2.21. The van der Waals surface area contributed by atoms with E-state index in [-0.39, 0.29) is 5.82 Å². The first-order valence-electron chi connectivity index (χ1n) is 7.69. The molecule has 1 N–H and O–H groups in total. The molecule has 0 aliphatic heterocycles. The van der Waals surface area contributed by atoms with Gasteiger partial charge in [-0.05, 0) is 36.8 Å². The first-order valence-corrected chi connectivity index (χ1v) is 8.50. The van der Waals surface area contributed by atoms with Crippen LogP contribution >= 0.6 is 11.3 Å². The molecule has 0 saturated heterocycles. The second-order valence-electron chi connectivity index (χ2n) is 5.92.